The second-order valence-electron chi connectivity index (χ2n) is 3.80. The number of nitrogens with zero attached hydrogens (tertiary/aromatic N) is 1. The van der Waals surface area contributed by atoms with Gasteiger partial charge in [0.15, 0.2) is 0 Å². The van der Waals surface area contributed by atoms with Crippen molar-refractivity contribution in [3.05, 3.63) is 12.2 Å². The molecule has 0 saturated heterocycles. The number of imide groups is 1. The first-order valence-electron chi connectivity index (χ1n) is 5.95. The van der Waals surface area contributed by atoms with E-state index in [9.17, 15) is 14.4 Å². The average molecular weight is 256 g/mol. The maximum Gasteiger partial charge on any atom is 0.328 e. The fraction of sp³-hybridized carbons (Fsp3) is 0.583. The number of hydrogen-bond acceptors (Lipinski definition) is 4. The molecule has 0 aromatic rings. The molecule has 0 radical (unpaired) electrons. The van der Waals surface area contributed by atoms with Crippen LogP contribution in [0.1, 0.15) is 27.7 Å². The quantitative estimate of drug-likeness (QED) is 0.695. The summed E-state index contributed by atoms with van der Waals surface area (Å²) in [6.07, 6.45) is 2.15. The lowest BCUT2D eigenvalue weighted by molar-refractivity contribution is -0.153. The van der Waals surface area contributed by atoms with Crippen LogP contribution in [0, 0.1) is 0 Å². The van der Waals surface area contributed by atoms with Crippen molar-refractivity contribution < 1.29 is 19.5 Å². The molecule has 1 unspecified atom stereocenters. The molecule has 1 aliphatic rings. The molecular formula is C12H20N2O4. The Balaban J connectivity index is 0.00000137. The highest BCUT2D eigenvalue weighted by molar-refractivity contribution is 6.14. The molecule has 0 aliphatic carbocycles. The topological polar surface area (TPSA) is 86.7 Å². The van der Waals surface area contributed by atoms with Gasteiger partial charge in [-0.2, -0.15) is 0 Å². The largest absolute Gasteiger partial charge is 0.480 e. The van der Waals surface area contributed by atoms with Gasteiger partial charge in [0.1, 0.15) is 6.04 Å². The Morgan fingerprint density at radius 2 is 1.72 bits per heavy atom. The van der Waals surface area contributed by atoms with Gasteiger partial charge in [-0.25, -0.2) is 4.79 Å². The van der Waals surface area contributed by atoms with Crippen molar-refractivity contribution in [3.8, 4) is 0 Å². The normalized spacial score (nSPS) is 15.7. The minimum absolute atomic E-state index is 0.0478. The summed E-state index contributed by atoms with van der Waals surface area (Å²) in [6, 6.07) is -1.07. The van der Waals surface area contributed by atoms with E-state index in [1.165, 1.54) is 0 Å². The zero-order valence-corrected chi connectivity index (χ0v) is 11.1. The Bertz CT molecular complexity index is 332. The first-order chi connectivity index (χ1) is 8.43. The molecule has 102 valence electrons. The minimum Gasteiger partial charge on any atom is -0.480 e. The van der Waals surface area contributed by atoms with E-state index >= 15 is 0 Å². The summed E-state index contributed by atoms with van der Waals surface area (Å²) in [4.78, 5) is 34.3. The third-order valence-corrected chi connectivity index (χ3v) is 2.16. The van der Waals surface area contributed by atoms with Crippen LogP contribution < -0.4 is 5.32 Å². The van der Waals surface area contributed by atoms with Gasteiger partial charge in [-0.15, -0.1) is 0 Å². The third-order valence-electron chi connectivity index (χ3n) is 2.16. The molecule has 0 aromatic carbocycles. The molecule has 1 atom stereocenters. The van der Waals surface area contributed by atoms with Crippen LogP contribution in [-0.2, 0) is 14.4 Å². The van der Waals surface area contributed by atoms with Gasteiger partial charge in [0.2, 0.25) is 0 Å². The molecule has 6 nitrogen and oxygen atoms in total. The zero-order valence-electron chi connectivity index (χ0n) is 11.1. The van der Waals surface area contributed by atoms with Crippen molar-refractivity contribution in [1.82, 2.24) is 10.2 Å². The van der Waals surface area contributed by atoms with Crippen LogP contribution in [0.4, 0.5) is 0 Å². The first kappa shape index (κ1) is 16.3. The summed E-state index contributed by atoms with van der Waals surface area (Å²) in [5.74, 6) is -2.36. The molecule has 0 bridgehead atoms. The summed E-state index contributed by atoms with van der Waals surface area (Å²) >= 11 is 0. The third kappa shape index (κ3) is 4.29. The lowest BCUT2D eigenvalue weighted by Gasteiger charge is -2.23. The van der Waals surface area contributed by atoms with Gasteiger partial charge in [-0.3, -0.25) is 14.5 Å². The van der Waals surface area contributed by atoms with E-state index in [1.54, 1.807) is 0 Å². The number of hydrogen-bond donors (Lipinski definition) is 2. The Hall–Kier alpha value is -1.69. The highest BCUT2D eigenvalue weighted by atomic mass is 16.4. The molecule has 2 amide bonds. The van der Waals surface area contributed by atoms with E-state index in [0.717, 1.165) is 17.1 Å². The van der Waals surface area contributed by atoms with Gasteiger partial charge in [-0.1, -0.05) is 27.7 Å². The molecule has 0 spiro atoms. The predicted molar refractivity (Wildman–Crippen MR) is 66.9 cm³/mol. The van der Waals surface area contributed by atoms with Crippen molar-refractivity contribution >= 4 is 17.8 Å². The lowest BCUT2D eigenvalue weighted by atomic mass is 10.2. The number of carbonyl (C=O) groups excluding carboxylic acids is 2. The van der Waals surface area contributed by atoms with Gasteiger partial charge in [0.25, 0.3) is 11.8 Å². The van der Waals surface area contributed by atoms with E-state index in [0.29, 0.717) is 0 Å². The molecule has 6 heteroatoms. The highest BCUT2D eigenvalue weighted by Crippen LogP contribution is 2.09. The molecule has 0 aromatic heterocycles. The van der Waals surface area contributed by atoms with Crippen LogP contribution >= 0.6 is 0 Å². The van der Waals surface area contributed by atoms with Crippen LogP contribution in [0.5, 0.6) is 0 Å². The Kier molecular flexibility index (Phi) is 6.89. The molecule has 1 heterocycles. The maximum absolute atomic E-state index is 11.3. The second kappa shape index (κ2) is 7.60. The van der Waals surface area contributed by atoms with Crippen molar-refractivity contribution in [2.75, 3.05) is 6.54 Å². The number of amides is 2. The van der Waals surface area contributed by atoms with Crippen LogP contribution in [0.15, 0.2) is 12.2 Å². The fourth-order valence-electron chi connectivity index (χ4n) is 1.36. The molecular weight excluding hydrogens is 236 g/mol. The van der Waals surface area contributed by atoms with E-state index in [1.807, 2.05) is 27.7 Å². The van der Waals surface area contributed by atoms with Crippen molar-refractivity contribution in [2.24, 2.45) is 0 Å². The number of rotatable bonds is 5. The Morgan fingerprint density at radius 3 is 2.06 bits per heavy atom. The van der Waals surface area contributed by atoms with E-state index in [4.69, 9.17) is 5.11 Å². The van der Waals surface area contributed by atoms with Crippen LogP contribution in [0.2, 0.25) is 0 Å². The summed E-state index contributed by atoms with van der Waals surface area (Å²) in [6.45, 7) is 7.75. The van der Waals surface area contributed by atoms with Gasteiger partial charge >= 0.3 is 5.97 Å². The molecule has 2 N–H and O–H groups in total. The second-order valence-corrected chi connectivity index (χ2v) is 3.80. The van der Waals surface area contributed by atoms with Crippen LogP contribution in [0.25, 0.3) is 0 Å². The van der Waals surface area contributed by atoms with Crippen molar-refractivity contribution in [2.45, 2.75) is 39.8 Å². The van der Waals surface area contributed by atoms with Gasteiger partial charge < -0.3 is 10.4 Å². The highest BCUT2D eigenvalue weighted by Gasteiger charge is 2.35. The average Bonchev–Trinajstić information content (AvgIpc) is 2.63. The van der Waals surface area contributed by atoms with Crippen LogP contribution in [-0.4, -0.2) is 46.4 Å². The molecule has 1 aliphatic heterocycles. The summed E-state index contributed by atoms with van der Waals surface area (Å²) in [5, 5.41) is 11.9. The minimum atomic E-state index is -1.20. The van der Waals surface area contributed by atoms with Gasteiger partial charge in [0, 0.05) is 24.7 Å². The number of carbonyl (C=O) groups is 3. The summed E-state index contributed by atoms with van der Waals surface area (Å²) in [5.41, 5.74) is 0. The number of nitrogens with one attached hydrogen (secondary N) is 1. The van der Waals surface area contributed by atoms with E-state index in [-0.39, 0.29) is 12.6 Å². The standard InChI is InChI=1S/C10H14N2O4.C2H6/c1-6(2)11-5-7(10(15)16)12-8(13)3-4-9(12)14;1-2/h3-4,6-7,11H,5H2,1-2H3,(H,15,16);1-2H3. The SMILES string of the molecule is CC.CC(C)NCC(C(=O)O)N1C(=O)C=CC1=O. The van der Waals surface area contributed by atoms with Crippen LogP contribution in [0.3, 0.4) is 0 Å². The Morgan fingerprint density at radius 1 is 1.28 bits per heavy atom. The van der Waals surface area contributed by atoms with Crippen molar-refractivity contribution in [1.29, 1.82) is 0 Å². The van der Waals surface area contributed by atoms with Crippen molar-refractivity contribution in [3.63, 3.8) is 0 Å². The molecule has 1 rings (SSSR count). The van der Waals surface area contributed by atoms with E-state index in [2.05, 4.69) is 5.32 Å². The summed E-state index contributed by atoms with van der Waals surface area (Å²) < 4.78 is 0. The van der Waals surface area contributed by atoms with Gasteiger partial charge in [0.05, 0.1) is 0 Å². The smallest absolute Gasteiger partial charge is 0.328 e. The lowest BCUT2D eigenvalue weighted by Crippen LogP contribution is -2.51. The van der Waals surface area contributed by atoms with Gasteiger partial charge in [-0.05, 0) is 0 Å². The molecule has 0 fully saturated rings. The molecule has 18 heavy (non-hydrogen) atoms. The monoisotopic (exact) mass is 256 g/mol. The number of carboxylic acids is 1. The first-order valence-corrected chi connectivity index (χ1v) is 5.95. The maximum atomic E-state index is 11.3. The predicted octanol–water partition coefficient (Wildman–Crippen LogP) is 0.389. The zero-order chi connectivity index (χ0) is 14.3. The number of aliphatic carboxylic acids is 1. The summed E-state index contributed by atoms with van der Waals surface area (Å²) in [7, 11) is 0. The van der Waals surface area contributed by atoms with E-state index < -0.39 is 23.8 Å². The Labute approximate surface area is 107 Å². The number of carboxylic acid groups (broad SMARTS) is 1. The molecule has 0 saturated carbocycles. The fourth-order valence-corrected chi connectivity index (χ4v) is 1.36.